The zero-order chi connectivity index (χ0) is 20.5. The molecule has 0 aliphatic heterocycles. The zero-order valence-corrected chi connectivity index (χ0v) is 16.1. The number of hydrogen-bond donors (Lipinski definition) is 1. The molecule has 1 amide bonds. The summed E-state index contributed by atoms with van der Waals surface area (Å²) in [5.41, 5.74) is 3.97. The van der Waals surface area contributed by atoms with E-state index < -0.39 is 0 Å². The molecule has 0 aliphatic carbocycles. The van der Waals surface area contributed by atoms with Crippen LogP contribution in [-0.2, 0) is 0 Å². The number of nitrogens with one attached hydrogen (secondary N) is 1. The van der Waals surface area contributed by atoms with Crippen LogP contribution in [0.3, 0.4) is 0 Å². The minimum Gasteiger partial charge on any atom is -0.451 e. The van der Waals surface area contributed by atoms with Crippen LogP contribution in [0.5, 0.6) is 0 Å². The standard InChI is InChI=1S/C24H17N3O3/c1-15-6-4-8-17(12-15)23-26-27-24(30-23)18-9-5-10-19(13-18)25-22(28)21-14-16-7-2-3-11-20(16)29-21/h2-14H,1H3,(H,25,28). The third-order valence-corrected chi connectivity index (χ3v) is 4.71. The van der Waals surface area contributed by atoms with Gasteiger partial charge < -0.3 is 14.2 Å². The molecule has 2 heterocycles. The predicted molar refractivity (Wildman–Crippen MR) is 114 cm³/mol. The molecule has 30 heavy (non-hydrogen) atoms. The molecule has 146 valence electrons. The summed E-state index contributed by atoms with van der Waals surface area (Å²) < 4.78 is 11.5. The van der Waals surface area contributed by atoms with Gasteiger partial charge in [-0.15, -0.1) is 10.2 Å². The van der Waals surface area contributed by atoms with Crippen molar-refractivity contribution in [3.63, 3.8) is 0 Å². The normalized spacial score (nSPS) is 11.0. The smallest absolute Gasteiger partial charge is 0.291 e. The lowest BCUT2D eigenvalue weighted by atomic mass is 10.1. The molecule has 0 fully saturated rings. The molecule has 3 aromatic carbocycles. The van der Waals surface area contributed by atoms with Gasteiger partial charge in [-0.2, -0.15) is 0 Å². The number of fused-ring (bicyclic) bond motifs is 1. The Morgan fingerprint density at radius 2 is 1.53 bits per heavy atom. The first-order valence-corrected chi connectivity index (χ1v) is 9.47. The van der Waals surface area contributed by atoms with Crippen molar-refractivity contribution in [2.24, 2.45) is 0 Å². The van der Waals surface area contributed by atoms with E-state index >= 15 is 0 Å². The first-order chi connectivity index (χ1) is 14.7. The topological polar surface area (TPSA) is 81.2 Å². The maximum atomic E-state index is 12.6. The third-order valence-electron chi connectivity index (χ3n) is 4.71. The van der Waals surface area contributed by atoms with Gasteiger partial charge in [0.25, 0.3) is 5.91 Å². The summed E-state index contributed by atoms with van der Waals surface area (Å²) in [6.45, 7) is 2.01. The minimum atomic E-state index is -0.325. The maximum Gasteiger partial charge on any atom is 0.291 e. The van der Waals surface area contributed by atoms with Gasteiger partial charge in [0.2, 0.25) is 11.8 Å². The summed E-state index contributed by atoms with van der Waals surface area (Å²) in [6, 6.07) is 24.3. The number of aromatic nitrogens is 2. The Morgan fingerprint density at radius 1 is 0.800 bits per heavy atom. The van der Waals surface area contributed by atoms with Crippen LogP contribution in [0, 0.1) is 6.92 Å². The number of benzene rings is 3. The van der Waals surface area contributed by atoms with E-state index in [0.717, 1.165) is 16.5 Å². The molecule has 6 nitrogen and oxygen atoms in total. The van der Waals surface area contributed by atoms with Gasteiger partial charge in [0.05, 0.1) is 0 Å². The molecule has 0 bridgehead atoms. The van der Waals surface area contributed by atoms with E-state index in [9.17, 15) is 4.79 Å². The fraction of sp³-hybridized carbons (Fsp3) is 0.0417. The Kier molecular flexibility index (Phi) is 4.37. The molecule has 5 aromatic rings. The average Bonchev–Trinajstić information content (AvgIpc) is 3.41. The molecule has 0 saturated carbocycles. The summed E-state index contributed by atoms with van der Waals surface area (Å²) in [4.78, 5) is 12.6. The van der Waals surface area contributed by atoms with E-state index in [2.05, 4.69) is 15.5 Å². The van der Waals surface area contributed by atoms with Gasteiger partial charge >= 0.3 is 0 Å². The predicted octanol–water partition coefficient (Wildman–Crippen LogP) is 5.71. The molecule has 1 N–H and O–H groups in total. The lowest BCUT2D eigenvalue weighted by Gasteiger charge is -2.04. The molecule has 0 spiro atoms. The number of rotatable bonds is 4. The van der Waals surface area contributed by atoms with Crippen molar-refractivity contribution in [1.29, 1.82) is 0 Å². The van der Waals surface area contributed by atoms with Crippen molar-refractivity contribution in [1.82, 2.24) is 10.2 Å². The Morgan fingerprint density at radius 3 is 2.30 bits per heavy atom. The maximum absolute atomic E-state index is 12.6. The molecule has 0 aliphatic rings. The summed E-state index contributed by atoms with van der Waals surface area (Å²) >= 11 is 0. The summed E-state index contributed by atoms with van der Waals surface area (Å²) in [6.07, 6.45) is 0. The van der Waals surface area contributed by atoms with E-state index in [-0.39, 0.29) is 11.7 Å². The molecule has 0 unspecified atom stereocenters. The average molecular weight is 395 g/mol. The van der Waals surface area contributed by atoms with Crippen LogP contribution in [0.15, 0.2) is 87.7 Å². The first-order valence-electron chi connectivity index (χ1n) is 9.47. The lowest BCUT2D eigenvalue weighted by Crippen LogP contribution is -2.10. The number of hydrogen-bond acceptors (Lipinski definition) is 5. The number of carbonyl (C=O) groups excluding carboxylic acids is 1. The van der Waals surface area contributed by atoms with E-state index in [1.165, 1.54) is 0 Å². The summed E-state index contributed by atoms with van der Waals surface area (Å²) in [5.74, 6) is 0.757. The van der Waals surface area contributed by atoms with Crippen LogP contribution in [-0.4, -0.2) is 16.1 Å². The second-order valence-electron chi connectivity index (χ2n) is 6.97. The van der Waals surface area contributed by atoms with Crippen molar-refractivity contribution < 1.29 is 13.6 Å². The number of aryl methyl sites for hydroxylation is 1. The first kappa shape index (κ1) is 17.9. The number of nitrogens with zero attached hydrogens (tertiary/aromatic N) is 2. The second-order valence-corrected chi connectivity index (χ2v) is 6.97. The van der Waals surface area contributed by atoms with E-state index in [1.807, 2.05) is 67.6 Å². The van der Waals surface area contributed by atoms with Crippen LogP contribution in [0.1, 0.15) is 16.1 Å². The number of furan rings is 1. The molecular formula is C24H17N3O3. The van der Waals surface area contributed by atoms with E-state index in [4.69, 9.17) is 8.83 Å². The van der Waals surface area contributed by atoms with E-state index in [0.29, 0.717) is 28.6 Å². The van der Waals surface area contributed by atoms with Gasteiger partial charge in [0, 0.05) is 22.2 Å². The fourth-order valence-electron chi connectivity index (χ4n) is 3.25. The quantitative estimate of drug-likeness (QED) is 0.421. The number of para-hydroxylation sites is 1. The van der Waals surface area contributed by atoms with Crippen molar-refractivity contribution in [2.75, 3.05) is 5.32 Å². The van der Waals surface area contributed by atoms with Gasteiger partial charge in [0.1, 0.15) is 5.58 Å². The highest BCUT2D eigenvalue weighted by atomic mass is 16.4. The second kappa shape index (κ2) is 7.33. The fourth-order valence-corrected chi connectivity index (χ4v) is 3.25. The highest BCUT2D eigenvalue weighted by Gasteiger charge is 2.14. The minimum absolute atomic E-state index is 0.251. The van der Waals surface area contributed by atoms with Crippen molar-refractivity contribution in [3.05, 3.63) is 90.2 Å². The van der Waals surface area contributed by atoms with Crippen LogP contribution in [0.25, 0.3) is 33.9 Å². The SMILES string of the molecule is Cc1cccc(-c2nnc(-c3cccc(NC(=O)c4cc5ccccc5o4)c3)o2)c1. The highest BCUT2D eigenvalue weighted by Crippen LogP contribution is 2.26. The number of amides is 1. The van der Waals surface area contributed by atoms with E-state index in [1.54, 1.807) is 18.2 Å². The molecular weight excluding hydrogens is 378 g/mol. The highest BCUT2D eigenvalue weighted by molar-refractivity contribution is 6.04. The zero-order valence-electron chi connectivity index (χ0n) is 16.1. The molecule has 0 atom stereocenters. The number of carbonyl (C=O) groups is 1. The largest absolute Gasteiger partial charge is 0.451 e. The van der Waals surface area contributed by atoms with Crippen molar-refractivity contribution >= 4 is 22.6 Å². The molecule has 0 saturated heterocycles. The lowest BCUT2D eigenvalue weighted by molar-refractivity contribution is 0.0998. The number of anilines is 1. The molecule has 2 aromatic heterocycles. The van der Waals surface area contributed by atoms with Crippen molar-refractivity contribution in [2.45, 2.75) is 6.92 Å². The molecule has 5 rings (SSSR count). The molecule has 6 heteroatoms. The molecule has 0 radical (unpaired) electrons. The van der Waals surface area contributed by atoms with Gasteiger partial charge in [0.15, 0.2) is 5.76 Å². The Balaban J connectivity index is 1.38. The van der Waals surface area contributed by atoms with Gasteiger partial charge in [-0.3, -0.25) is 4.79 Å². The summed E-state index contributed by atoms with van der Waals surface area (Å²) in [7, 11) is 0. The van der Waals surface area contributed by atoms with Crippen LogP contribution in [0.2, 0.25) is 0 Å². The van der Waals surface area contributed by atoms with Crippen LogP contribution in [0.4, 0.5) is 5.69 Å². The monoisotopic (exact) mass is 395 g/mol. The van der Waals surface area contributed by atoms with Gasteiger partial charge in [-0.05, 0) is 49.4 Å². The Labute approximate surface area is 172 Å². The third kappa shape index (κ3) is 3.46. The Bertz CT molecular complexity index is 1330. The van der Waals surface area contributed by atoms with Crippen molar-refractivity contribution in [3.8, 4) is 22.9 Å². The van der Waals surface area contributed by atoms with Gasteiger partial charge in [-0.25, -0.2) is 0 Å². The van der Waals surface area contributed by atoms with Crippen LogP contribution < -0.4 is 5.32 Å². The van der Waals surface area contributed by atoms with Crippen LogP contribution >= 0.6 is 0 Å². The van der Waals surface area contributed by atoms with Gasteiger partial charge in [-0.1, -0.05) is 42.0 Å². The Hall–Kier alpha value is -4.19. The summed E-state index contributed by atoms with van der Waals surface area (Å²) in [5, 5.41) is 12.0.